The summed E-state index contributed by atoms with van der Waals surface area (Å²) < 4.78 is 5.59. The molecule has 0 atom stereocenters. The van der Waals surface area contributed by atoms with E-state index in [1.807, 2.05) is 37.2 Å². The molecule has 2 aromatic carbocycles. The fourth-order valence-electron chi connectivity index (χ4n) is 1.85. The number of likely N-dealkylation sites (N-methyl/N-ethyl adjacent to an activating group) is 1. The Kier molecular flexibility index (Phi) is 6.78. The van der Waals surface area contributed by atoms with Crippen molar-refractivity contribution in [3.05, 3.63) is 64.7 Å². The highest BCUT2D eigenvalue weighted by atomic mass is 35.5. The number of benzene rings is 2. The number of ether oxygens (including phenoxy) is 1. The second-order valence-electron chi connectivity index (χ2n) is 5.40. The molecule has 0 fully saturated rings. The van der Waals surface area contributed by atoms with E-state index in [0.29, 0.717) is 17.2 Å². The van der Waals surface area contributed by atoms with Crippen LogP contribution in [0.3, 0.4) is 0 Å². The molecule has 0 unspecified atom stereocenters. The number of hydrazone groups is 1. The fourth-order valence-corrected chi connectivity index (χ4v) is 2.04. The summed E-state index contributed by atoms with van der Waals surface area (Å²) in [4.78, 5) is 14.1. The lowest BCUT2D eigenvalue weighted by Crippen LogP contribution is -2.19. The molecule has 0 aliphatic carbocycles. The summed E-state index contributed by atoms with van der Waals surface area (Å²) in [6.45, 7) is 1.43. The second-order valence-corrected chi connectivity index (χ2v) is 5.80. The quantitative estimate of drug-likeness (QED) is 0.620. The maximum absolute atomic E-state index is 12.0. The van der Waals surface area contributed by atoms with Gasteiger partial charge in [0, 0.05) is 22.7 Å². The molecule has 0 aliphatic heterocycles. The Morgan fingerprint density at radius 1 is 1.21 bits per heavy atom. The lowest BCUT2D eigenvalue weighted by atomic mass is 10.2. The molecule has 0 saturated heterocycles. The first-order chi connectivity index (χ1) is 11.6. The molecule has 0 heterocycles. The normalized spacial score (nSPS) is 11.0. The van der Waals surface area contributed by atoms with E-state index in [1.54, 1.807) is 30.3 Å². The van der Waals surface area contributed by atoms with Crippen LogP contribution in [0.25, 0.3) is 0 Å². The van der Waals surface area contributed by atoms with Gasteiger partial charge in [-0.25, -0.2) is 5.43 Å². The van der Waals surface area contributed by atoms with Crippen molar-refractivity contribution < 1.29 is 9.53 Å². The second kappa shape index (κ2) is 9.05. The first-order valence-corrected chi connectivity index (χ1v) is 7.89. The van der Waals surface area contributed by atoms with Crippen LogP contribution in [0, 0.1) is 0 Å². The molecule has 126 valence electrons. The molecule has 5 nitrogen and oxygen atoms in total. The Morgan fingerprint density at radius 2 is 1.92 bits per heavy atom. The van der Waals surface area contributed by atoms with Gasteiger partial charge in [0.15, 0.2) is 0 Å². The van der Waals surface area contributed by atoms with E-state index in [4.69, 9.17) is 16.3 Å². The average molecular weight is 346 g/mol. The monoisotopic (exact) mass is 345 g/mol. The van der Waals surface area contributed by atoms with E-state index in [-0.39, 0.29) is 5.91 Å². The molecule has 2 aromatic rings. The predicted octanol–water partition coefficient (Wildman–Crippen LogP) is 3.04. The number of carbonyl (C=O) groups excluding carboxylic acids is 1. The van der Waals surface area contributed by atoms with Crippen LogP contribution < -0.4 is 10.2 Å². The minimum Gasteiger partial charge on any atom is -0.492 e. The van der Waals surface area contributed by atoms with Crippen molar-refractivity contribution in [2.75, 3.05) is 27.2 Å². The summed E-state index contributed by atoms with van der Waals surface area (Å²) in [6, 6.07) is 14.2. The first kappa shape index (κ1) is 18.0. The van der Waals surface area contributed by atoms with E-state index in [9.17, 15) is 4.79 Å². The Balaban J connectivity index is 1.87. The zero-order valence-electron chi connectivity index (χ0n) is 13.7. The third-order valence-corrected chi connectivity index (χ3v) is 3.54. The van der Waals surface area contributed by atoms with Gasteiger partial charge in [0.2, 0.25) is 0 Å². The maximum atomic E-state index is 12.0. The van der Waals surface area contributed by atoms with E-state index in [1.165, 1.54) is 6.21 Å². The van der Waals surface area contributed by atoms with Gasteiger partial charge in [0.1, 0.15) is 12.4 Å². The molecular formula is C18H20ClN3O2. The maximum Gasteiger partial charge on any atom is 0.271 e. The van der Waals surface area contributed by atoms with E-state index < -0.39 is 0 Å². The molecule has 0 aromatic heterocycles. The minimum absolute atomic E-state index is 0.293. The number of hydrogen-bond donors (Lipinski definition) is 1. The smallest absolute Gasteiger partial charge is 0.271 e. The molecule has 0 bridgehead atoms. The third-order valence-electron chi connectivity index (χ3n) is 3.20. The standard InChI is InChI=1S/C18H20ClN3O2/c1-22(2)11-12-24-16-9-7-14(8-10-16)18(23)21-20-13-15-5-3-4-6-17(15)19/h3-10,13H,11-12H2,1-2H3,(H,21,23)/b20-13+. The highest BCUT2D eigenvalue weighted by molar-refractivity contribution is 6.33. The van der Waals surface area contributed by atoms with Gasteiger partial charge in [-0.15, -0.1) is 0 Å². The number of nitrogens with one attached hydrogen (secondary N) is 1. The van der Waals surface area contributed by atoms with Gasteiger partial charge < -0.3 is 9.64 Å². The fraction of sp³-hybridized carbons (Fsp3) is 0.222. The summed E-state index contributed by atoms with van der Waals surface area (Å²) in [7, 11) is 3.97. The van der Waals surface area contributed by atoms with Crippen LogP contribution in [0.5, 0.6) is 5.75 Å². The number of halogens is 1. The minimum atomic E-state index is -0.293. The van der Waals surface area contributed by atoms with Crippen molar-refractivity contribution in [1.82, 2.24) is 10.3 Å². The van der Waals surface area contributed by atoms with Crippen LogP contribution >= 0.6 is 11.6 Å². The van der Waals surface area contributed by atoms with Gasteiger partial charge in [0.25, 0.3) is 5.91 Å². The highest BCUT2D eigenvalue weighted by Gasteiger charge is 2.04. The number of nitrogens with zero attached hydrogens (tertiary/aromatic N) is 2. The molecule has 24 heavy (non-hydrogen) atoms. The zero-order chi connectivity index (χ0) is 17.4. The number of rotatable bonds is 7. The van der Waals surface area contributed by atoms with Crippen molar-refractivity contribution in [1.29, 1.82) is 0 Å². The molecule has 1 amide bonds. The topological polar surface area (TPSA) is 53.9 Å². The first-order valence-electron chi connectivity index (χ1n) is 7.52. The number of carbonyl (C=O) groups is 1. The Morgan fingerprint density at radius 3 is 2.58 bits per heavy atom. The lowest BCUT2D eigenvalue weighted by molar-refractivity contribution is 0.0955. The van der Waals surface area contributed by atoms with Gasteiger partial charge in [0.05, 0.1) is 6.21 Å². The number of hydrogen-bond acceptors (Lipinski definition) is 4. The molecule has 0 radical (unpaired) electrons. The predicted molar refractivity (Wildman–Crippen MR) is 97.0 cm³/mol. The Hall–Kier alpha value is -2.37. The molecule has 1 N–H and O–H groups in total. The van der Waals surface area contributed by atoms with E-state index in [2.05, 4.69) is 10.5 Å². The molecule has 0 aliphatic rings. The molecule has 2 rings (SSSR count). The van der Waals surface area contributed by atoms with Crippen molar-refractivity contribution in [3.8, 4) is 5.75 Å². The van der Waals surface area contributed by atoms with Crippen molar-refractivity contribution >= 4 is 23.7 Å². The van der Waals surface area contributed by atoms with Gasteiger partial charge in [-0.2, -0.15) is 5.10 Å². The Bertz CT molecular complexity index is 700. The SMILES string of the molecule is CN(C)CCOc1ccc(C(=O)N/N=C/c2ccccc2Cl)cc1. The summed E-state index contributed by atoms with van der Waals surface area (Å²) in [5, 5.41) is 4.50. The van der Waals surface area contributed by atoms with E-state index in [0.717, 1.165) is 17.9 Å². The molecule has 0 spiro atoms. The van der Waals surface area contributed by atoms with Gasteiger partial charge in [-0.1, -0.05) is 29.8 Å². The summed E-state index contributed by atoms with van der Waals surface area (Å²) in [5.41, 5.74) is 3.72. The van der Waals surface area contributed by atoms with E-state index >= 15 is 0 Å². The Labute approximate surface area is 146 Å². The number of amides is 1. The van der Waals surface area contributed by atoms with Gasteiger partial charge in [-0.05, 0) is 44.4 Å². The van der Waals surface area contributed by atoms with Crippen molar-refractivity contribution in [3.63, 3.8) is 0 Å². The molecule has 0 saturated carbocycles. The lowest BCUT2D eigenvalue weighted by Gasteiger charge is -2.11. The average Bonchev–Trinajstić information content (AvgIpc) is 2.57. The summed E-state index contributed by atoms with van der Waals surface area (Å²) in [6.07, 6.45) is 1.51. The van der Waals surface area contributed by atoms with Gasteiger partial charge in [-0.3, -0.25) is 4.79 Å². The van der Waals surface area contributed by atoms with Crippen molar-refractivity contribution in [2.24, 2.45) is 5.10 Å². The molecule has 6 heteroatoms. The molecular weight excluding hydrogens is 326 g/mol. The summed E-state index contributed by atoms with van der Waals surface area (Å²) in [5.74, 6) is 0.436. The van der Waals surface area contributed by atoms with Gasteiger partial charge >= 0.3 is 0 Å². The highest BCUT2D eigenvalue weighted by Crippen LogP contribution is 2.13. The van der Waals surface area contributed by atoms with Crippen LogP contribution in [0.2, 0.25) is 5.02 Å². The van der Waals surface area contributed by atoms with Crippen LogP contribution in [0.1, 0.15) is 15.9 Å². The van der Waals surface area contributed by atoms with Crippen molar-refractivity contribution in [2.45, 2.75) is 0 Å². The van der Waals surface area contributed by atoms with Crippen LogP contribution in [0.4, 0.5) is 0 Å². The third kappa shape index (κ3) is 5.68. The summed E-state index contributed by atoms with van der Waals surface area (Å²) >= 11 is 6.01. The van der Waals surface area contributed by atoms with Crippen LogP contribution in [-0.2, 0) is 0 Å². The van der Waals surface area contributed by atoms with Crippen LogP contribution in [-0.4, -0.2) is 44.3 Å². The van der Waals surface area contributed by atoms with Crippen LogP contribution in [0.15, 0.2) is 53.6 Å². The largest absolute Gasteiger partial charge is 0.492 e. The zero-order valence-corrected chi connectivity index (χ0v) is 14.5.